The molecule has 0 aromatic rings. The zero-order valence-corrected chi connectivity index (χ0v) is 33.8. The van der Waals surface area contributed by atoms with Crippen LogP contribution in [0.4, 0.5) is 9.59 Å². The molecule has 0 heterocycles. The first kappa shape index (κ1) is 48.6. The van der Waals surface area contributed by atoms with E-state index in [9.17, 15) is 38.4 Å². The Hall–Kier alpha value is -4.42. The Kier molecular flexibility index (Phi) is 23.3. The van der Waals surface area contributed by atoms with Crippen LogP contribution in [0.1, 0.15) is 94.8 Å². The number of hydrogen-bond acceptors (Lipinski definition) is 11. The molecule has 19 heteroatoms. The van der Waals surface area contributed by atoms with Crippen molar-refractivity contribution in [2.45, 2.75) is 117 Å². The predicted molar refractivity (Wildman–Crippen MR) is 207 cm³/mol. The maximum Gasteiger partial charge on any atom is 0.407 e. The van der Waals surface area contributed by atoms with E-state index in [4.69, 9.17) is 24.4 Å². The van der Waals surface area contributed by atoms with Crippen molar-refractivity contribution in [1.29, 1.82) is 0 Å². The Bertz CT molecular complexity index is 1300. The zero-order chi connectivity index (χ0) is 42.9. The van der Waals surface area contributed by atoms with E-state index < -0.39 is 78.2 Å². The number of amides is 7. The minimum Gasteiger partial charge on any atom is -0.444 e. The van der Waals surface area contributed by atoms with Gasteiger partial charge in [-0.2, -0.15) is 0 Å². The second kappa shape index (κ2) is 26.4. The third kappa shape index (κ3) is 26.1. The number of alkyl carbamates (subject to hydrolysis) is 2. The highest BCUT2D eigenvalue weighted by Crippen LogP contribution is 2.15. The quantitative estimate of drug-likeness (QED) is 0.0551. The first-order valence-electron chi connectivity index (χ1n) is 19.3. The fourth-order valence-electron chi connectivity index (χ4n) is 4.95. The van der Waals surface area contributed by atoms with Gasteiger partial charge >= 0.3 is 12.2 Å². The predicted octanol–water partition coefficient (Wildman–Crippen LogP) is 0.521. The second-order valence-electron chi connectivity index (χ2n) is 15.0. The van der Waals surface area contributed by atoms with Crippen LogP contribution in [0.5, 0.6) is 0 Å². The molecule has 0 rings (SSSR count). The molecular weight excluding hydrogens is 715 g/mol. The molecule has 0 saturated carbocycles. The Labute approximate surface area is 328 Å². The number of nitrogens with two attached hydrogens (primary N) is 1. The molecular formula is C36H65BN8O10. The van der Waals surface area contributed by atoms with E-state index in [2.05, 4.69) is 26.6 Å². The molecule has 0 spiro atoms. The lowest BCUT2D eigenvalue weighted by Gasteiger charge is -2.24. The van der Waals surface area contributed by atoms with E-state index in [1.165, 1.54) is 7.05 Å². The summed E-state index contributed by atoms with van der Waals surface area (Å²) in [7, 11) is 6.97. The maximum absolute atomic E-state index is 13.0. The van der Waals surface area contributed by atoms with Gasteiger partial charge in [0, 0.05) is 66.9 Å². The number of ketones is 1. The summed E-state index contributed by atoms with van der Waals surface area (Å²) in [6.07, 6.45) is 1.31. The van der Waals surface area contributed by atoms with Crippen LogP contribution in [0.25, 0.3) is 0 Å². The average molecular weight is 783 g/mol. The third-order valence-electron chi connectivity index (χ3n) is 7.65. The normalized spacial score (nSPS) is 12.5. The molecule has 0 aliphatic heterocycles. The van der Waals surface area contributed by atoms with Crippen LogP contribution in [0.2, 0.25) is 6.32 Å². The van der Waals surface area contributed by atoms with Gasteiger partial charge in [-0.1, -0.05) is 6.42 Å². The van der Waals surface area contributed by atoms with E-state index in [1.807, 2.05) is 0 Å². The summed E-state index contributed by atoms with van der Waals surface area (Å²) in [5.74, 6) is -3.65. The minimum absolute atomic E-state index is 0.000334. The van der Waals surface area contributed by atoms with Crippen molar-refractivity contribution in [2.75, 3.05) is 59.4 Å². The topological polar surface area (TPSA) is 248 Å². The lowest BCUT2D eigenvalue weighted by molar-refractivity contribution is -0.135. The molecule has 0 unspecified atom stereocenters. The lowest BCUT2D eigenvalue weighted by Crippen LogP contribution is -2.47. The van der Waals surface area contributed by atoms with E-state index >= 15 is 0 Å². The number of carbonyl (C=O) groups excluding carboxylic acids is 8. The molecule has 2 radical (unpaired) electrons. The highest BCUT2D eigenvalue weighted by Gasteiger charge is 2.24. The van der Waals surface area contributed by atoms with Gasteiger partial charge < -0.3 is 51.6 Å². The van der Waals surface area contributed by atoms with Crippen LogP contribution in [-0.4, -0.2) is 142 Å². The van der Waals surface area contributed by atoms with Gasteiger partial charge in [-0.15, -0.1) is 0 Å². The van der Waals surface area contributed by atoms with Crippen molar-refractivity contribution in [3.63, 3.8) is 0 Å². The fourth-order valence-corrected chi connectivity index (χ4v) is 4.95. The number of ether oxygens (including phenoxy) is 2. The standard InChI is InChI=1S/C36H65BN8O10/c1-25(46)44(23-27(47)21-26(31(50)39-8)13-9-11-15-42-33(52)54-35(2,3)4)19-17-40-29(48)24-45(30(49)22-37)20-18-41-32(51)28(38)14-10-12-16-43-34(53)55-36(5,6)7/h26,28H,9-24,38H2,1-8H3,(H,39,50)(H,40,48)(H,41,51)(H,42,52)(H,43,53)/t26-,28+/m1/s1/i1T. The van der Waals surface area contributed by atoms with Crippen LogP contribution in [0.3, 0.4) is 0 Å². The summed E-state index contributed by atoms with van der Waals surface area (Å²) in [5, 5.41) is 13.0. The van der Waals surface area contributed by atoms with Crippen LogP contribution in [-0.2, 0) is 38.2 Å². The molecule has 0 aromatic heterocycles. The first-order chi connectivity index (χ1) is 26.1. The molecule has 7 amide bonds. The Morgan fingerprint density at radius 2 is 1.24 bits per heavy atom. The monoisotopic (exact) mass is 782 g/mol. The van der Waals surface area contributed by atoms with E-state index in [0.29, 0.717) is 51.6 Å². The Morgan fingerprint density at radius 3 is 1.75 bits per heavy atom. The van der Waals surface area contributed by atoms with Crippen molar-refractivity contribution in [3.05, 3.63) is 0 Å². The first-order valence-corrected chi connectivity index (χ1v) is 18.6. The van der Waals surface area contributed by atoms with Gasteiger partial charge in [0.15, 0.2) is 5.78 Å². The summed E-state index contributed by atoms with van der Waals surface area (Å²) < 4.78 is 17.9. The summed E-state index contributed by atoms with van der Waals surface area (Å²) in [5.41, 5.74) is 4.74. The molecule has 18 nitrogen and oxygen atoms in total. The van der Waals surface area contributed by atoms with Crippen molar-refractivity contribution in [3.8, 4) is 0 Å². The number of carbonyl (C=O) groups is 8. The van der Waals surface area contributed by atoms with Crippen molar-refractivity contribution in [1.82, 2.24) is 36.4 Å². The Balaban J connectivity index is 4.85. The smallest absolute Gasteiger partial charge is 0.407 e. The highest BCUT2D eigenvalue weighted by molar-refractivity contribution is 6.19. The van der Waals surface area contributed by atoms with Crippen LogP contribution in [0.15, 0.2) is 0 Å². The highest BCUT2D eigenvalue weighted by atomic mass is 16.6. The zero-order valence-electron chi connectivity index (χ0n) is 34.8. The number of nitrogens with one attached hydrogen (secondary N) is 5. The second-order valence-corrected chi connectivity index (χ2v) is 15.0. The summed E-state index contributed by atoms with van der Waals surface area (Å²) in [4.78, 5) is 101. The van der Waals surface area contributed by atoms with Gasteiger partial charge in [0.05, 0.1) is 27.0 Å². The molecule has 2 atom stereocenters. The summed E-state index contributed by atoms with van der Waals surface area (Å²) >= 11 is 0. The summed E-state index contributed by atoms with van der Waals surface area (Å²) in [6, 6.07) is -0.825. The van der Waals surface area contributed by atoms with E-state index in [1.54, 1.807) is 41.5 Å². The maximum atomic E-state index is 13.0. The van der Waals surface area contributed by atoms with Crippen LogP contribution >= 0.6 is 0 Å². The van der Waals surface area contributed by atoms with Crippen molar-refractivity contribution >= 4 is 55.4 Å². The van der Waals surface area contributed by atoms with Crippen molar-refractivity contribution < 1.29 is 49.2 Å². The number of rotatable bonds is 25. The van der Waals surface area contributed by atoms with Gasteiger partial charge in [0.25, 0.3) is 0 Å². The number of nitrogens with zero attached hydrogens (tertiary/aromatic N) is 2. The largest absolute Gasteiger partial charge is 0.444 e. The molecule has 0 bridgehead atoms. The Morgan fingerprint density at radius 1 is 0.709 bits per heavy atom. The van der Waals surface area contributed by atoms with E-state index in [-0.39, 0.29) is 51.4 Å². The fraction of sp³-hybridized carbons (Fsp3) is 0.778. The van der Waals surface area contributed by atoms with E-state index in [0.717, 1.165) is 9.80 Å². The van der Waals surface area contributed by atoms with Crippen LogP contribution < -0.4 is 32.3 Å². The minimum atomic E-state index is -0.825. The lowest BCUT2D eigenvalue weighted by atomic mass is 9.95. The number of hydrogen-bond donors (Lipinski definition) is 6. The molecule has 0 aliphatic carbocycles. The van der Waals surface area contributed by atoms with Crippen LogP contribution in [0, 0.1) is 5.92 Å². The van der Waals surface area contributed by atoms with Gasteiger partial charge in [-0.3, -0.25) is 28.8 Å². The molecule has 0 saturated heterocycles. The average Bonchev–Trinajstić information content (AvgIpc) is 3.10. The molecule has 0 aliphatic rings. The summed E-state index contributed by atoms with van der Waals surface area (Å²) in [6.45, 7) is 9.59. The number of Topliss-reactive ketones (excluding diaryl/α,β-unsaturated/α-hetero) is 1. The molecule has 0 fully saturated rings. The van der Waals surface area contributed by atoms with Gasteiger partial charge in [-0.05, 0) is 80.0 Å². The molecule has 55 heavy (non-hydrogen) atoms. The third-order valence-corrected chi connectivity index (χ3v) is 7.65. The molecule has 0 aromatic carbocycles. The number of unbranched alkanes of at least 4 members (excludes halogenated alkanes) is 2. The van der Waals surface area contributed by atoms with Gasteiger partial charge in [0.1, 0.15) is 11.2 Å². The van der Waals surface area contributed by atoms with Gasteiger partial charge in [0.2, 0.25) is 29.5 Å². The molecule has 7 N–H and O–H groups in total. The SMILES string of the molecule is [3H]CC(=O)N(CCNC(=O)CN(CCNC(=O)[C@@H](N)CCCCNC(=O)OC(C)(C)C)C(=O)C[B])CC(=O)C[C@@H](CCCCNC(=O)OC(C)(C)C)C(=O)NC. The van der Waals surface area contributed by atoms with Crippen molar-refractivity contribution in [2.24, 2.45) is 11.7 Å². The van der Waals surface area contributed by atoms with Gasteiger partial charge in [-0.25, -0.2) is 9.59 Å². The molecule has 312 valence electrons.